The summed E-state index contributed by atoms with van der Waals surface area (Å²) in [6, 6.07) is 8.09. The fourth-order valence-corrected chi connectivity index (χ4v) is 5.27. The number of ether oxygens (including phenoxy) is 1. The van der Waals surface area contributed by atoms with Crippen LogP contribution in [-0.2, 0) is 16.1 Å². The predicted molar refractivity (Wildman–Crippen MR) is 126 cm³/mol. The summed E-state index contributed by atoms with van der Waals surface area (Å²) in [7, 11) is 0. The highest BCUT2D eigenvalue weighted by atomic mass is 35.5. The van der Waals surface area contributed by atoms with E-state index in [0.29, 0.717) is 18.8 Å². The summed E-state index contributed by atoms with van der Waals surface area (Å²) in [5, 5.41) is 11.2. The molecule has 0 saturated carbocycles. The largest absolute Gasteiger partial charge is 0.452 e. The number of nitro groups is 1. The zero-order valence-corrected chi connectivity index (χ0v) is 19.6. The van der Waals surface area contributed by atoms with E-state index in [1.165, 1.54) is 17.0 Å². The van der Waals surface area contributed by atoms with E-state index in [9.17, 15) is 19.7 Å². The number of halogens is 1. The Labute approximate surface area is 200 Å². The zero-order valence-electron chi connectivity index (χ0n) is 18.1. The highest BCUT2D eigenvalue weighted by Gasteiger charge is 2.26. The van der Waals surface area contributed by atoms with Crippen molar-refractivity contribution in [2.45, 2.75) is 19.4 Å². The summed E-state index contributed by atoms with van der Waals surface area (Å²) in [6.07, 6.45) is 1.99. The monoisotopic (exact) mass is 492 g/mol. The molecule has 33 heavy (non-hydrogen) atoms. The molecule has 9 nitrogen and oxygen atoms in total. The number of non-ortho nitro benzene ring substituents is 1. The van der Waals surface area contributed by atoms with Crippen LogP contribution in [0.1, 0.15) is 28.1 Å². The van der Waals surface area contributed by atoms with Gasteiger partial charge in [-0.15, -0.1) is 11.3 Å². The smallest absolute Gasteiger partial charge is 0.341 e. The van der Waals surface area contributed by atoms with Crippen molar-refractivity contribution in [3.8, 4) is 0 Å². The number of amides is 1. The topological polar surface area (TPSA) is 96.2 Å². The molecule has 0 bridgehead atoms. The van der Waals surface area contributed by atoms with Gasteiger partial charge in [0, 0.05) is 62.8 Å². The van der Waals surface area contributed by atoms with Crippen molar-refractivity contribution in [1.82, 2.24) is 9.80 Å². The van der Waals surface area contributed by atoms with Gasteiger partial charge >= 0.3 is 5.97 Å². The van der Waals surface area contributed by atoms with E-state index in [2.05, 4.69) is 4.90 Å². The maximum atomic E-state index is 12.8. The molecule has 1 aromatic carbocycles. The van der Waals surface area contributed by atoms with Crippen LogP contribution in [0.25, 0.3) is 0 Å². The third kappa shape index (κ3) is 5.82. The molecule has 176 valence electrons. The maximum Gasteiger partial charge on any atom is 0.341 e. The second-order valence-corrected chi connectivity index (χ2v) is 9.89. The van der Waals surface area contributed by atoms with Crippen LogP contribution in [0.4, 0.5) is 11.4 Å². The minimum Gasteiger partial charge on any atom is -0.452 e. The number of carbonyl (C=O) groups is 2. The summed E-state index contributed by atoms with van der Waals surface area (Å²) >= 11 is 7.54. The van der Waals surface area contributed by atoms with Gasteiger partial charge in [-0.3, -0.25) is 19.8 Å². The summed E-state index contributed by atoms with van der Waals surface area (Å²) < 4.78 is 6.06. The van der Waals surface area contributed by atoms with Crippen molar-refractivity contribution >= 4 is 46.2 Å². The first kappa shape index (κ1) is 23.5. The van der Waals surface area contributed by atoms with E-state index in [1.54, 1.807) is 22.3 Å². The molecule has 11 heteroatoms. The highest BCUT2D eigenvalue weighted by molar-refractivity contribution is 7.16. The van der Waals surface area contributed by atoms with E-state index < -0.39 is 10.9 Å². The van der Waals surface area contributed by atoms with E-state index >= 15 is 0 Å². The third-order valence-corrected chi connectivity index (χ3v) is 7.13. The number of anilines is 1. The molecule has 0 spiro atoms. The lowest BCUT2D eigenvalue weighted by molar-refractivity contribution is -0.384. The fourth-order valence-electron chi connectivity index (χ4n) is 4.14. The minimum atomic E-state index is -0.720. The lowest BCUT2D eigenvalue weighted by Gasteiger charge is -2.34. The minimum absolute atomic E-state index is 0.123. The van der Waals surface area contributed by atoms with Gasteiger partial charge < -0.3 is 14.5 Å². The van der Waals surface area contributed by atoms with E-state index in [1.807, 2.05) is 17.0 Å². The highest BCUT2D eigenvalue weighted by Crippen LogP contribution is 2.29. The molecule has 0 unspecified atom stereocenters. The summed E-state index contributed by atoms with van der Waals surface area (Å²) in [4.78, 5) is 43.2. The van der Waals surface area contributed by atoms with Crippen LogP contribution in [0.5, 0.6) is 0 Å². The van der Waals surface area contributed by atoms with E-state index in [0.717, 1.165) is 49.9 Å². The second kappa shape index (κ2) is 10.5. The van der Waals surface area contributed by atoms with E-state index in [-0.39, 0.29) is 23.8 Å². The van der Waals surface area contributed by atoms with Crippen molar-refractivity contribution in [1.29, 1.82) is 0 Å². The average molecular weight is 493 g/mol. The lowest BCUT2D eigenvalue weighted by Crippen LogP contribution is -2.49. The predicted octanol–water partition coefficient (Wildman–Crippen LogP) is 3.41. The van der Waals surface area contributed by atoms with Crippen LogP contribution in [0.2, 0.25) is 4.34 Å². The molecular weight excluding hydrogens is 468 g/mol. The third-order valence-electron chi connectivity index (χ3n) is 5.92. The molecule has 2 aliphatic rings. The van der Waals surface area contributed by atoms with Gasteiger partial charge in [0.2, 0.25) is 0 Å². The number of thiophene rings is 1. The molecular formula is C22H25ClN4O5S. The number of hydrogen-bond acceptors (Lipinski definition) is 8. The molecule has 0 atom stereocenters. The fraction of sp³-hybridized carbons (Fsp3) is 0.455. The first-order valence-corrected chi connectivity index (χ1v) is 12.0. The molecule has 0 radical (unpaired) electrons. The van der Waals surface area contributed by atoms with Gasteiger partial charge in [-0.05, 0) is 31.0 Å². The van der Waals surface area contributed by atoms with E-state index in [4.69, 9.17) is 16.3 Å². The van der Waals surface area contributed by atoms with Crippen molar-refractivity contribution in [3.63, 3.8) is 0 Å². The van der Waals surface area contributed by atoms with Crippen molar-refractivity contribution in [2.24, 2.45) is 0 Å². The Balaban J connectivity index is 1.32. The molecule has 1 aromatic heterocycles. The Morgan fingerprint density at radius 2 is 1.79 bits per heavy atom. The van der Waals surface area contributed by atoms with Gasteiger partial charge in [0.05, 0.1) is 20.5 Å². The van der Waals surface area contributed by atoms with Crippen LogP contribution in [-0.4, -0.2) is 72.5 Å². The summed E-state index contributed by atoms with van der Waals surface area (Å²) in [5.41, 5.74) is 0.551. The van der Waals surface area contributed by atoms with Crippen LogP contribution in [0.3, 0.4) is 0 Å². The van der Waals surface area contributed by atoms with Crippen LogP contribution in [0, 0.1) is 10.1 Å². The number of nitrogens with zero attached hydrogens (tertiary/aromatic N) is 4. The molecule has 0 N–H and O–H groups in total. The Bertz CT molecular complexity index is 1030. The second-order valence-electron chi connectivity index (χ2n) is 8.09. The van der Waals surface area contributed by atoms with Crippen molar-refractivity contribution in [3.05, 3.63) is 55.2 Å². The molecule has 2 saturated heterocycles. The quantitative estimate of drug-likeness (QED) is 0.332. The van der Waals surface area contributed by atoms with Gasteiger partial charge in [-0.25, -0.2) is 4.79 Å². The normalized spacial score (nSPS) is 16.8. The lowest BCUT2D eigenvalue weighted by atomic mass is 10.1. The number of esters is 1. The number of carbonyl (C=O) groups excluding carboxylic acids is 2. The number of hydrogen-bond donors (Lipinski definition) is 0. The van der Waals surface area contributed by atoms with Gasteiger partial charge in [-0.2, -0.15) is 0 Å². The summed E-state index contributed by atoms with van der Waals surface area (Å²) in [6.45, 7) is 4.50. The number of piperazine rings is 1. The van der Waals surface area contributed by atoms with Gasteiger partial charge in [-0.1, -0.05) is 11.6 Å². The molecule has 2 fully saturated rings. The number of benzene rings is 1. The first-order valence-electron chi connectivity index (χ1n) is 10.9. The Morgan fingerprint density at radius 3 is 2.42 bits per heavy atom. The Hall–Kier alpha value is -2.69. The molecule has 3 heterocycles. The van der Waals surface area contributed by atoms with Gasteiger partial charge in [0.1, 0.15) is 0 Å². The van der Waals surface area contributed by atoms with Crippen LogP contribution < -0.4 is 4.90 Å². The molecule has 1 amide bonds. The molecule has 2 aromatic rings. The SMILES string of the molecule is O=C(OCC(=O)N1CCN(Cc2ccc(Cl)s2)CC1)c1cc([N+](=O)[O-])ccc1N1CCCC1. The van der Waals surface area contributed by atoms with Crippen LogP contribution in [0.15, 0.2) is 30.3 Å². The molecule has 4 rings (SSSR count). The Morgan fingerprint density at radius 1 is 1.06 bits per heavy atom. The summed E-state index contributed by atoms with van der Waals surface area (Å²) in [5.74, 6) is -0.988. The van der Waals surface area contributed by atoms with Crippen LogP contribution >= 0.6 is 22.9 Å². The Kier molecular flexibility index (Phi) is 7.46. The molecule has 2 aliphatic heterocycles. The number of nitro benzene ring substituents is 1. The van der Waals surface area contributed by atoms with Gasteiger partial charge in [0.25, 0.3) is 11.6 Å². The first-order chi connectivity index (χ1) is 15.9. The van der Waals surface area contributed by atoms with Gasteiger partial charge in [0.15, 0.2) is 6.61 Å². The van der Waals surface area contributed by atoms with Crippen molar-refractivity contribution in [2.75, 3.05) is 50.8 Å². The average Bonchev–Trinajstić information content (AvgIpc) is 3.49. The number of rotatable bonds is 7. The maximum absolute atomic E-state index is 12.8. The van der Waals surface area contributed by atoms with Crippen molar-refractivity contribution < 1.29 is 19.2 Å². The zero-order chi connectivity index (χ0) is 23.4. The standard InChI is InChI=1S/C22H25ClN4O5S/c23-20-6-4-17(33-20)14-24-9-11-26(12-10-24)21(28)15-32-22(29)18-13-16(27(30)31)3-5-19(18)25-7-1-2-8-25/h3-6,13H,1-2,7-12,14-15H2. The molecule has 0 aliphatic carbocycles.